The first-order valence-electron chi connectivity index (χ1n) is 5.14. The second-order valence-electron chi connectivity index (χ2n) is 3.49. The number of furan rings is 1. The summed E-state index contributed by atoms with van der Waals surface area (Å²) in [4.78, 5) is 0. The first kappa shape index (κ1) is 12.9. The largest absolute Gasteiger partial charge is 0.468 e. The minimum atomic E-state index is -3.55. The van der Waals surface area contributed by atoms with Gasteiger partial charge < -0.3 is 4.42 Å². The van der Waals surface area contributed by atoms with Crippen LogP contribution in [0.2, 0.25) is 0 Å². The SMILES string of the molecule is C#CCN(Cc1ccco1)S(=O)(=O)c1cccs1. The van der Waals surface area contributed by atoms with E-state index in [0.717, 1.165) is 0 Å². The molecule has 94 valence electrons. The summed E-state index contributed by atoms with van der Waals surface area (Å²) >= 11 is 1.17. The summed E-state index contributed by atoms with van der Waals surface area (Å²) in [5.41, 5.74) is 0. The fourth-order valence-corrected chi connectivity index (χ4v) is 3.91. The van der Waals surface area contributed by atoms with Crippen LogP contribution in [0.25, 0.3) is 0 Å². The smallest absolute Gasteiger partial charge is 0.253 e. The lowest BCUT2D eigenvalue weighted by Crippen LogP contribution is -2.30. The molecule has 0 bridgehead atoms. The van der Waals surface area contributed by atoms with Crippen LogP contribution in [0, 0.1) is 12.3 Å². The van der Waals surface area contributed by atoms with Crippen LogP contribution in [0.1, 0.15) is 5.76 Å². The summed E-state index contributed by atoms with van der Waals surface area (Å²) in [6.07, 6.45) is 6.73. The molecule has 0 spiro atoms. The predicted octanol–water partition coefficient (Wildman–Crippen LogP) is 2.17. The Labute approximate surface area is 110 Å². The van der Waals surface area contributed by atoms with Gasteiger partial charge in [0.1, 0.15) is 9.97 Å². The third-order valence-corrected chi connectivity index (χ3v) is 5.43. The van der Waals surface area contributed by atoms with Crippen LogP contribution in [-0.2, 0) is 16.6 Å². The molecule has 0 aliphatic rings. The van der Waals surface area contributed by atoms with Crippen molar-refractivity contribution >= 4 is 21.4 Å². The fraction of sp³-hybridized carbons (Fsp3) is 0.167. The van der Waals surface area contributed by atoms with E-state index in [2.05, 4.69) is 5.92 Å². The maximum atomic E-state index is 12.3. The molecule has 0 radical (unpaired) electrons. The molecular weight excluding hydrogens is 270 g/mol. The molecule has 2 aromatic rings. The molecule has 0 amide bonds. The van der Waals surface area contributed by atoms with Gasteiger partial charge >= 0.3 is 0 Å². The minimum Gasteiger partial charge on any atom is -0.468 e. The highest BCUT2D eigenvalue weighted by molar-refractivity contribution is 7.91. The molecule has 0 aromatic carbocycles. The average molecular weight is 281 g/mol. The van der Waals surface area contributed by atoms with E-state index in [1.165, 1.54) is 21.9 Å². The zero-order valence-corrected chi connectivity index (χ0v) is 11.1. The zero-order chi connectivity index (χ0) is 13.0. The molecule has 0 saturated carbocycles. The number of rotatable bonds is 5. The van der Waals surface area contributed by atoms with Gasteiger partial charge in [-0.2, -0.15) is 4.31 Å². The van der Waals surface area contributed by atoms with Crippen molar-refractivity contribution < 1.29 is 12.8 Å². The maximum absolute atomic E-state index is 12.3. The molecule has 0 saturated heterocycles. The summed E-state index contributed by atoms with van der Waals surface area (Å²) in [6.45, 7) is 0.151. The van der Waals surface area contributed by atoms with Gasteiger partial charge in [-0.1, -0.05) is 12.0 Å². The third kappa shape index (κ3) is 2.64. The van der Waals surface area contributed by atoms with Crippen molar-refractivity contribution in [1.82, 2.24) is 4.31 Å². The quantitative estimate of drug-likeness (QED) is 0.789. The lowest BCUT2D eigenvalue weighted by atomic mass is 10.4. The number of hydrogen-bond donors (Lipinski definition) is 0. The monoisotopic (exact) mass is 281 g/mol. The van der Waals surface area contributed by atoms with Crippen molar-refractivity contribution in [2.75, 3.05) is 6.54 Å². The van der Waals surface area contributed by atoms with Crippen LogP contribution >= 0.6 is 11.3 Å². The number of thiophene rings is 1. The van der Waals surface area contributed by atoms with E-state index in [1.807, 2.05) is 0 Å². The highest BCUT2D eigenvalue weighted by Crippen LogP contribution is 2.22. The van der Waals surface area contributed by atoms with Crippen LogP contribution in [0.4, 0.5) is 0 Å². The van der Waals surface area contributed by atoms with E-state index in [-0.39, 0.29) is 17.3 Å². The first-order valence-corrected chi connectivity index (χ1v) is 7.46. The molecule has 0 atom stereocenters. The number of nitrogens with zero attached hydrogens (tertiary/aromatic N) is 1. The highest BCUT2D eigenvalue weighted by atomic mass is 32.2. The Morgan fingerprint density at radius 1 is 1.39 bits per heavy atom. The van der Waals surface area contributed by atoms with Gasteiger partial charge in [0.15, 0.2) is 0 Å². The van der Waals surface area contributed by atoms with Crippen molar-refractivity contribution in [3.63, 3.8) is 0 Å². The molecule has 0 aliphatic carbocycles. The van der Waals surface area contributed by atoms with Crippen molar-refractivity contribution in [3.8, 4) is 12.3 Å². The minimum absolute atomic E-state index is 0.0148. The average Bonchev–Trinajstić information content (AvgIpc) is 3.01. The molecule has 2 rings (SSSR count). The molecule has 0 aliphatic heterocycles. The third-order valence-electron chi connectivity index (χ3n) is 2.27. The second kappa shape index (κ2) is 5.40. The normalized spacial score (nSPS) is 11.6. The molecule has 6 heteroatoms. The fourth-order valence-electron chi connectivity index (χ4n) is 1.44. The summed E-state index contributed by atoms with van der Waals surface area (Å²) < 4.78 is 31.3. The van der Waals surface area contributed by atoms with Gasteiger partial charge in [0.25, 0.3) is 10.0 Å². The molecule has 2 heterocycles. The highest BCUT2D eigenvalue weighted by Gasteiger charge is 2.25. The summed E-state index contributed by atoms with van der Waals surface area (Å²) in [5.74, 6) is 2.92. The summed E-state index contributed by atoms with van der Waals surface area (Å²) in [5, 5.41) is 1.72. The summed E-state index contributed by atoms with van der Waals surface area (Å²) in [6, 6.07) is 6.68. The van der Waals surface area contributed by atoms with E-state index >= 15 is 0 Å². The van der Waals surface area contributed by atoms with Crippen molar-refractivity contribution in [1.29, 1.82) is 0 Å². The Kier molecular flexibility index (Phi) is 3.87. The molecule has 2 aromatic heterocycles. The summed E-state index contributed by atoms with van der Waals surface area (Å²) in [7, 11) is -3.55. The van der Waals surface area contributed by atoms with E-state index < -0.39 is 10.0 Å². The Balaban J connectivity index is 2.28. The van der Waals surface area contributed by atoms with Gasteiger partial charge in [-0.25, -0.2) is 8.42 Å². The predicted molar refractivity (Wildman–Crippen MR) is 69.5 cm³/mol. The van der Waals surface area contributed by atoms with E-state index in [1.54, 1.807) is 29.6 Å². The number of terminal acetylenes is 1. The Morgan fingerprint density at radius 3 is 2.78 bits per heavy atom. The van der Waals surface area contributed by atoms with Gasteiger partial charge in [0, 0.05) is 0 Å². The van der Waals surface area contributed by atoms with Crippen LogP contribution in [0.5, 0.6) is 0 Å². The maximum Gasteiger partial charge on any atom is 0.253 e. The Morgan fingerprint density at radius 2 is 2.22 bits per heavy atom. The molecular formula is C12H11NO3S2. The Hall–Kier alpha value is -1.55. The van der Waals surface area contributed by atoms with Crippen LogP contribution in [0.15, 0.2) is 44.5 Å². The molecule has 18 heavy (non-hydrogen) atoms. The van der Waals surface area contributed by atoms with Crippen LogP contribution in [0.3, 0.4) is 0 Å². The standard InChI is InChI=1S/C12H11NO3S2/c1-2-7-13(10-11-5-3-8-16-11)18(14,15)12-6-4-9-17-12/h1,3-6,8-9H,7,10H2. The lowest BCUT2D eigenvalue weighted by Gasteiger charge is -2.17. The number of sulfonamides is 1. The lowest BCUT2D eigenvalue weighted by molar-refractivity contribution is 0.390. The van der Waals surface area contributed by atoms with Gasteiger partial charge in [-0.05, 0) is 23.6 Å². The first-order chi connectivity index (χ1) is 8.64. The zero-order valence-electron chi connectivity index (χ0n) is 9.44. The van der Waals surface area contributed by atoms with Crippen LogP contribution in [-0.4, -0.2) is 19.3 Å². The molecule has 0 unspecified atom stereocenters. The van der Waals surface area contributed by atoms with Crippen molar-refractivity contribution in [2.45, 2.75) is 10.8 Å². The molecule has 0 N–H and O–H groups in total. The molecule has 4 nitrogen and oxygen atoms in total. The van der Waals surface area contributed by atoms with Crippen molar-refractivity contribution in [3.05, 3.63) is 41.7 Å². The number of hydrogen-bond acceptors (Lipinski definition) is 4. The van der Waals surface area contributed by atoms with Gasteiger partial charge in [0.05, 0.1) is 19.4 Å². The topological polar surface area (TPSA) is 50.5 Å². The van der Waals surface area contributed by atoms with Gasteiger partial charge in [0.2, 0.25) is 0 Å². The molecule has 0 fully saturated rings. The van der Waals surface area contributed by atoms with Gasteiger partial charge in [-0.15, -0.1) is 17.8 Å². The van der Waals surface area contributed by atoms with E-state index in [4.69, 9.17) is 10.8 Å². The second-order valence-corrected chi connectivity index (χ2v) is 6.60. The Bertz CT molecular complexity index is 621. The van der Waals surface area contributed by atoms with E-state index in [9.17, 15) is 8.42 Å². The van der Waals surface area contributed by atoms with Crippen LogP contribution < -0.4 is 0 Å². The van der Waals surface area contributed by atoms with Gasteiger partial charge in [-0.3, -0.25) is 0 Å². The van der Waals surface area contributed by atoms with Crippen molar-refractivity contribution in [2.24, 2.45) is 0 Å². The van der Waals surface area contributed by atoms with E-state index in [0.29, 0.717) is 5.76 Å².